The standard InChI is InChI=1S/C30H32F3N3O3/c1-6-26(31)39-25-12-19(22-16-35-27-13-21(9-10-36(22)27)29(3,4)17-34)11-24(38-5)28(25)23(37)8-7-18(2)20-14-30(32,33)15-20/h6,9-13,16,18,20,26H,1,7-8,14-15H2,2-5H3. The number of benzene rings is 1. The van der Waals surface area contributed by atoms with Crippen molar-refractivity contribution in [2.45, 2.75) is 64.1 Å². The highest BCUT2D eigenvalue weighted by molar-refractivity contribution is 6.02. The Morgan fingerprint density at radius 1 is 1.33 bits per heavy atom. The second-order valence-electron chi connectivity index (χ2n) is 10.7. The molecule has 2 atom stereocenters. The average Bonchev–Trinajstić information content (AvgIpc) is 3.33. The number of ether oxygens (including phenoxy) is 2. The third kappa shape index (κ3) is 5.80. The largest absolute Gasteiger partial charge is 0.496 e. The first-order valence-corrected chi connectivity index (χ1v) is 12.8. The molecule has 1 aromatic carbocycles. The lowest BCUT2D eigenvalue weighted by Gasteiger charge is -2.38. The number of rotatable bonds is 11. The van der Waals surface area contributed by atoms with E-state index in [1.165, 1.54) is 7.11 Å². The van der Waals surface area contributed by atoms with Crippen LogP contribution in [0.3, 0.4) is 0 Å². The Labute approximate surface area is 226 Å². The smallest absolute Gasteiger partial charge is 0.257 e. The van der Waals surface area contributed by atoms with Crippen molar-refractivity contribution in [1.82, 2.24) is 9.38 Å². The van der Waals surface area contributed by atoms with E-state index in [2.05, 4.69) is 17.6 Å². The van der Waals surface area contributed by atoms with Gasteiger partial charge in [0, 0.05) is 31.0 Å². The van der Waals surface area contributed by atoms with Crippen molar-refractivity contribution in [2.75, 3.05) is 7.11 Å². The van der Waals surface area contributed by atoms with Crippen molar-refractivity contribution in [3.05, 3.63) is 60.4 Å². The summed E-state index contributed by atoms with van der Waals surface area (Å²) in [4.78, 5) is 17.8. The van der Waals surface area contributed by atoms with E-state index < -0.39 is 17.7 Å². The Morgan fingerprint density at radius 2 is 2.03 bits per heavy atom. The van der Waals surface area contributed by atoms with Gasteiger partial charge in [-0.3, -0.25) is 9.20 Å². The van der Waals surface area contributed by atoms with Crippen LogP contribution in [0, 0.1) is 23.2 Å². The molecule has 4 rings (SSSR count). The molecule has 2 aromatic heterocycles. The molecular weight excluding hydrogens is 507 g/mol. The number of nitrogens with zero attached hydrogens (tertiary/aromatic N) is 3. The van der Waals surface area contributed by atoms with Gasteiger partial charge in [-0.25, -0.2) is 13.8 Å². The number of nitriles is 1. The molecule has 0 N–H and O–H groups in total. The first-order chi connectivity index (χ1) is 18.4. The Hall–Kier alpha value is -3.80. The third-order valence-corrected chi connectivity index (χ3v) is 7.55. The predicted octanol–water partition coefficient (Wildman–Crippen LogP) is 7.32. The first-order valence-electron chi connectivity index (χ1n) is 12.8. The van der Waals surface area contributed by atoms with Gasteiger partial charge in [-0.05, 0) is 68.0 Å². The highest BCUT2D eigenvalue weighted by atomic mass is 19.3. The van der Waals surface area contributed by atoms with Crippen LogP contribution in [0.1, 0.15) is 62.4 Å². The summed E-state index contributed by atoms with van der Waals surface area (Å²) in [5.41, 5.74) is 2.02. The summed E-state index contributed by atoms with van der Waals surface area (Å²) in [5.74, 6) is -2.94. The minimum Gasteiger partial charge on any atom is -0.496 e. The molecule has 39 heavy (non-hydrogen) atoms. The van der Waals surface area contributed by atoms with Gasteiger partial charge in [0.15, 0.2) is 5.78 Å². The molecule has 3 aromatic rings. The summed E-state index contributed by atoms with van der Waals surface area (Å²) >= 11 is 0. The van der Waals surface area contributed by atoms with Crippen LogP contribution in [0.15, 0.2) is 49.3 Å². The van der Waals surface area contributed by atoms with E-state index in [1.807, 2.05) is 37.3 Å². The highest BCUT2D eigenvalue weighted by Crippen LogP contribution is 2.47. The molecule has 0 bridgehead atoms. The molecule has 0 saturated heterocycles. The molecule has 0 spiro atoms. The van der Waals surface area contributed by atoms with Crippen LogP contribution < -0.4 is 9.47 Å². The average molecular weight is 540 g/mol. The molecule has 0 amide bonds. The van der Waals surface area contributed by atoms with Crippen molar-refractivity contribution < 1.29 is 27.4 Å². The number of Topliss-reactive ketones (excluding diaryl/α,β-unsaturated/α-hetero) is 1. The maximum atomic E-state index is 14.4. The van der Waals surface area contributed by atoms with Crippen molar-refractivity contribution in [2.24, 2.45) is 11.8 Å². The molecule has 0 aliphatic heterocycles. The molecule has 2 heterocycles. The predicted molar refractivity (Wildman–Crippen MR) is 142 cm³/mol. The zero-order valence-electron chi connectivity index (χ0n) is 22.5. The van der Waals surface area contributed by atoms with Crippen molar-refractivity contribution >= 4 is 11.4 Å². The number of pyridine rings is 1. The summed E-state index contributed by atoms with van der Waals surface area (Å²) in [6.07, 6.45) is 2.70. The van der Waals surface area contributed by atoms with Crippen LogP contribution in [0.25, 0.3) is 16.9 Å². The summed E-state index contributed by atoms with van der Waals surface area (Å²) in [5, 5.41) is 9.49. The Balaban J connectivity index is 1.68. The molecule has 0 radical (unpaired) electrons. The number of halogens is 3. The monoisotopic (exact) mass is 539 g/mol. The number of fused-ring (bicyclic) bond motifs is 1. The lowest BCUT2D eigenvalue weighted by Crippen LogP contribution is -2.38. The van der Waals surface area contributed by atoms with Gasteiger partial charge >= 0.3 is 0 Å². The fourth-order valence-corrected chi connectivity index (χ4v) is 4.91. The maximum Gasteiger partial charge on any atom is 0.257 e. The lowest BCUT2D eigenvalue weighted by atomic mass is 9.72. The molecule has 1 saturated carbocycles. The van der Waals surface area contributed by atoms with Crippen LogP contribution in [-0.2, 0) is 5.41 Å². The number of alkyl halides is 3. The molecule has 1 aliphatic carbocycles. The van der Waals surface area contributed by atoms with Crippen LogP contribution in [-0.4, -0.2) is 34.6 Å². The minimum atomic E-state index is -2.62. The van der Waals surface area contributed by atoms with E-state index >= 15 is 0 Å². The van der Waals surface area contributed by atoms with Gasteiger partial charge in [0.1, 0.15) is 22.7 Å². The zero-order valence-corrected chi connectivity index (χ0v) is 22.5. The van der Waals surface area contributed by atoms with Crippen molar-refractivity contribution in [1.29, 1.82) is 5.26 Å². The zero-order chi connectivity index (χ0) is 28.5. The van der Waals surface area contributed by atoms with Gasteiger partial charge in [-0.2, -0.15) is 9.65 Å². The van der Waals surface area contributed by atoms with Gasteiger partial charge < -0.3 is 9.47 Å². The second kappa shape index (κ2) is 10.8. The number of methoxy groups -OCH3 is 1. The summed E-state index contributed by atoms with van der Waals surface area (Å²) in [6, 6.07) is 9.16. The Morgan fingerprint density at radius 3 is 2.64 bits per heavy atom. The van der Waals surface area contributed by atoms with Gasteiger partial charge in [0.05, 0.1) is 30.5 Å². The number of ketones is 1. The number of aromatic nitrogens is 2. The molecule has 206 valence electrons. The SMILES string of the molecule is C=CC(F)Oc1cc(-c2cnc3cc(C(C)(C)C#N)ccn23)cc(OC)c1C(=O)CCC(C)C1CC(F)(F)C1. The van der Waals surface area contributed by atoms with Gasteiger partial charge in [0.2, 0.25) is 5.92 Å². The number of carbonyl (C=O) groups excluding carboxylic acids is 1. The van der Waals surface area contributed by atoms with Crippen LogP contribution >= 0.6 is 0 Å². The molecule has 6 nitrogen and oxygen atoms in total. The fraction of sp³-hybridized carbons (Fsp3) is 0.433. The van der Waals surface area contributed by atoms with E-state index in [4.69, 9.17) is 9.47 Å². The lowest BCUT2D eigenvalue weighted by molar-refractivity contribution is -0.124. The normalized spacial score (nSPS) is 16.7. The number of imidazole rings is 1. The summed E-state index contributed by atoms with van der Waals surface area (Å²) in [6.45, 7) is 8.93. The summed E-state index contributed by atoms with van der Waals surface area (Å²) in [7, 11) is 1.41. The highest BCUT2D eigenvalue weighted by Gasteiger charge is 2.47. The first kappa shape index (κ1) is 28.2. The molecule has 9 heteroatoms. The van der Waals surface area contributed by atoms with E-state index in [0.29, 0.717) is 23.3 Å². The van der Waals surface area contributed by atoms with Crippen molar-refractivity contribution in [3.63, 3.8) is 0 Å². The minimum absolute atomic E-state index is 0.0123. The van der Waals surface area contributed by atoms with E-state index in [-0.39, 0.29) is 53.9 Å². The number of hydrogen-bond acceptors (Lipinski definition) is 5. The Kier molecular flexibility index (Phi) is 7.78. The third-order valence-electron chi connectivity index (χ3n) is 7.55. The Bertz CT molecular complexity index is 1430. The molecule has 1 aliphatic rings. The summed E-state index contributed by atoms with van der Waals surface area (Å²) < 4.78 is 53.8. The number of hydrogen-bond donors (Lipinski definition) is 0. The van der Waals surface area contributed by atoms with Crippen LogP contribution in [0.5, 0.6) is 11.5 Å². The molecule has 2 unspecified atom stereocenters. The van der Waals surface area contributed by atoms with Gasteiger partial charge in [-0.15, -0.1) is 0 Å². The fourth-order valence-electron chi connectivity index (χ4n) is 4.91. The van der Waals surface area contributed by atoms with Gasteiger partial charge in [-0.1, -0.05) is 13.5 Å². The van der Waals surface area contributed by atoms with Crippen LogP contribution in [0.4, 0.5) is 13.2 Å². The maximum absolute atomic E-state index is 14.4. The molecule has 1 fully saturated rings. The topological polar surface area (TPSA) is 76.6 Å². The van der Waals surface area contributed by atoms with Crippen LogP contribution in [0.2, 0.25) is 0 Å². The van der Waals surface area contributed by atoms with Crippen molar-refractivity contribution in [3.8, 4) is 28.8 Å². The van der Waals surface area contributed by atoms with Gasteiger partial charge in [0.25, 0.3) is 6.36 Å². The van der Waals surface area contributed by atoms with E-state index in [9.17, 15) is 23.2 Å². The molecular formula is C30H32F3N3O3. The van der Waals surface area contributed by atoms with E-state index in [1.54, 1.807) is 24.5 Å². The number of carbonyl (C=O) groups is 1. The van der Waals surface area contributed by atoms with E-state index in [0.717, 1.165) is 11.6 Å². The second-order valence-corrected chi connectivity index (χ2v) is 10.7. The quantitative estimate of drug-likeness (QED) is 0.189.